The topological polar surface area (TPSA) is 109 Å². The third-order valence-electron chi connectivity index (χ3n) is 4.60. The number of aromatic nitrogens is 1. The van der Waals surface area contributed by atoms with Gasteiger partial charge in [-0.2, -0.15) is 8.42 Å². The van der Waals surface area contributed by atoms with Gasteiger partial charge in [-0.3, -0.25) is 14.1 Å². The minimum Gasteiger partial charge on any atom is -0.272 e. The summed E-state index contributed by atoms with van der Waals surface area (Å²) in [4.78, 5) is 21.2. The van der Waals surface area contributed by atoms with Gasteiger partial charge in [0.25, 0.3) is 0 Å². The third kappa shape index (κ3) is 7.23. The van der Waals surface area contributed by atoms with Gasteiger partial charge in [0.2, 0.25) is 5.91 Å². The van der Waals surface area contributed by atoms with E-state index in [0.717, 1.165) is 28.2 Å². The molecule has 32 heavy (non-hydrogen) atoms. The predicted octanol–water partition coefficient (Wildman–Crippen LogP) is 4.74. The van der Waals surface area contributed by atoms with Crippen LogP contribution in [0.15, 0.2) is 58.9 Å². The van der Waals surface area contributed by atoms with Gasteiger partial charge in [0.1, 0.15) is 5.01 Å². The van der Waals surface area contributed by atoms with E-state index < -0.39 is 10.3 Å². The van der Waals surface area contributed by atoms with Gasteiger partial charge in [0.05, 0.1) is 23.7 Å². The molecule has 1 atom stereocenters. The molecule has 0 radical (unpaired) electrons. The molecule has 0 aliphatic carbocycles. The van der Waals surface area contributed by atoms with Crippen LogP contribution in [0, 0.1) is 0 Å². The molecule has 0 saturated carbocycles. The molecule has 1 amide bonds. The van der Waals surface area contributed by atoms with Crippen molar-refractivity contribution in [1.29, 1.82) is 0 Å². The Hall–Kier alpha value is -2.59. The van der Waals surface area contributed by atoms with Crippen molar-refractivity contribution in [3.8, 4) is 0 Å². The predicted molar refractivity (Wildman–Crippen MR) is 128 cm³/mol. The van der Waals surface area contributed by atoms with Gasteiger partial charge in [-0.1, -0.05) is 48.9 Å². The van der Waals surface area contributed by atoms with E-state index in [2.05, 4.69) is 9.98 Å². The lowest BCUT2D eigenvalue weighted by Crippen LogP contribution is -2.10. The van der Waals surface area contributed by atoms with Crippen LogP contribution in [-0.2, 0) is 34.4 Å². The smallest absolute Gasteiger partial charge is 0.272 e. The largest absolute Gasteiger partial charge is 0.357 e. The molecule has 0 saturated heterocycles. The lowest BCUT2D eigenvalue weighted by molar-refractivity contribution is -0.117. The van der Waals surface area contributed by atoms with Crippen LogP contribution >= 0.6 is 22.9 Å². The average Bonchev–Trinajstić information content (AvgIpc) is 3.22. The Morgan fingerprint density at radius 1 is 1.25 bits per heavy atom. The standard InChI is InChI=1S/C22H22ClN3O4S2/c1-2-18-14-31-22(25-18)17(11-15-7-9-19(10-8-15)26-32(28,29)30)13-24-21(27)12-16-5-3-4-6-20(16)23/h3-10,13-14,17,26H,2,11-12H2,1H3,(H,28,29,30)/b24-13+. The van der Waals surface area contributed by atoms with Crippen molar-refractivity contribution in [3.63, 3.8) is 0 Å². The van der Waals surface area contributed by atoms with Gasteiger partial charge in [-0.05, 0) is 42.2 Å². The van der Waals surface area contributed by atoms with Crippen molar-refractivity contribution in [3.05, 3.63) is 80.8 Å². The highest BCUT2D eigenvalue weighted by molar-refractivity contribution is 7.87. The van der Waals surface area contributed by atoms with Gasteiger partial charge >= 0.3 is 10.3 Å². The first-order chi connectivity index (χ1) is 15.2. The van der Waals surface area contributed by atoms with Crippen molar-refractivity contribution in [2.75, 3.05) is 4.72 Å². The minimum absolute atomic E-state index is 0.108. The van der Waals surface area contributed by atoms with Crippen molar-refractivity contribution in [1.82, 2.24) is 4.98 Å². The van der Waals surface area contributed by atoms with Gasteiger partial charge in [0, 0.05) is 16.6 Å². The second-order valence-electron chi connectivity index (χ2n) is 7.06. The summed E-state index contributed by atoms with van der Waals surface area (Å²) in [6, 6.07) is 13.8. The molecule has 0 spiro atoms. The molecule has 1 aromatic heterocycles. The van der Waals surface area contributed by atoms with E-state index >= 15 is 0 Å². The first-order valence-electron chi connectivity index (χ1n) is 9.82. The summed E-state index contributed by atoms with van der Waals surface area (Å²) in [5.41, 5.74) is 2.84. The van der Waals surface area contributed by atoms with Crippen LogP contribution in [0.2, 0.25) is 5.02 Å². The fourth-order valence-corrected chi connectivity index (χ4v) is 4.60. The second-order valence-corrected chi connectivity index (χ2v) is 9.51. The molecule has 1 unspecified atom stereocenters. The first kappa shape index (κ1) is 24.1. The summed E-state index contributed by atoms with van der Waals surface area (Å²) < 4.78 is 32.8. The fourth-order valence-electron chi connectivity index (χ4n) is 2.99. The molecule has 3 aromatic rings. The van der Waals surface area contributed by atoms with Crippen LogP contribution in [0.25, 0.3) is 0 Å². The highest BCUT2D eigenvalue weighted by Crippen LogP contribution is 2.25. The number of rotatable bonds is 9. The number of thiazole rings is 1. The molecule has 2 N–H and O–H groups in total. The Labute approximate surface area is 196 Å². The summed E-state index contributed by atoms with van der Waals surface area (Å²) in [5.74, 6) is -0.529. The molecular formula is C22H22ClN3O4S2. The normalized spacial score (nSPS) is 12.7. The van der Waals surface area contributed by atoms with Crippen molar-refractivity contribution in [2.24, 2.45) is 4.99 Å². The van der Waals surface area contributed by atoms with E-state index in [-0.39, 0.29) is 23.9 Å². The summed E-state index contributed by atoms with van der Waals surface area (Å²) >= 11 is 7.65. The maximum Gasteiger partial charge on any atom is 0.357 e. The number of hydrogen-bond donors (Lipinski definition) is 2. The van der Waals surface area contributed by atoms with Crippen molar-refractivity contribution in [2.45, 2.75) is 32.1 Å². The minimum atomic E-state index is -4.33. The lowest BCUT2D eigenvalue weighted by atomic mass is 10.0. The lowest BCUT2D eigenvalue weighted by Gasteiger charge is -2.10. The average molecular weight is 492 g/mol. The Bertz CT molecular complexity index is 1210. The summed E-state index contributed by atoms with van der Waals surface area (Å²) in [6.07, 6.45) is 3.05. The number of carbonyl (C=O) groups excluding carboxylic acids is 1. The molecule has 0 bridgehead atoms. The maximum atomic E-state index is 12.4. The van der Waals surface area contributed by atoms with E-state index in [9.17, 15) is 13.2 Å². The number of carbonyl (C=O) groups is 1. The summed E-state index contributed by atoms with van der Waals surface area (Å²) in [7, 11) is -4.33. The molecule has 0 aliphatic rings. The van der Waals surface area contributed by atoms with Crippen LogP contribution in [0.4, 0.5) is 5.69 Å². The second kappa shape index (κ2) is 10.8. The van der Waals surface area contributed by atoms with Gasteiger partial charge in [0.15, 0.2) is 0 Å². The highest BCUT2D eigenvalue weighted by Gasteiger charge is 2.16. The zero-order valence-corrected chi connectivity index (χ0v) is 19.6. The molecule has 10 heteroatoms. The van der Waals surface area contributed by atoms with E-state index in [4.69, 9.17) is 16.2 Å². The molecule has 7 nitrogen and oxygen atoms in total. The van der Waals surface area contributed by atoms with Crippen LogP contribution in [0.3, 0.4) is 0 Å². The van der Waals surface area contributed by atoms with Gasteiger partial charge in [-0.15, -0.1) is 11.3 Å². The number of benzene rings is 2. The summed E-state index contributed by atoms with van der Waals surface area (Å²) in [6.45, 7) is 2.02. The van der Waals surface area contributed by atoms with E-state index in [1.54, 1.807) is 48.7 Å². The number of amides is 1. The van der Waals surface area contributed by atoms with Gasteiger partial charge < -0.3 is 0 Å². The van der Waals surface area contributed by atoms with Crippen LogP contribution in [-0.4, -0.2) is 30.1 Å². The number of nitrogens with one attached hydrogen (secondary N) is 1. The van der Waals surface area contributed by atoms with Gasteiger partial charge in [-0.25, -0.2) is 9.98 Å². The molecule has 1 heterocycles. The monoisotopic (exact) mass is 491 g/mol. The molecular weight excluding hydrogens is 470 g/mol. The van der Waals surface area contributed by atoms with E-state index in [0.29, 0.717) is 11.4 Å². The number of aliphatic imine (C=N–C) groups is 1. The number of aryl methyl sites for hydroxylation is 1. The Morgan fingerprint density at radius 3 is 2.59 bits per heavy atom. The molecule has 0 fully saturated rings. The number of nitrogens with zero attached hydrogens (tertiary/aromatic N) is 2. The summed E-state index contributed by atoms with van der Waals surface area (Å²) in [5, 5.41) is 3.36. The number of anilines is 1. The molecule has 168 valence electrons. The maximum absolute atomic E-state index is 12.4. The van der Waals surface area contributed by atoms with E-state index in [1.165, 1.54) is 11.3 Å². The quantitative estimate of drug-likeness (QED) is 0.332. The van der Waals surface area contributed by atoms with Crippen molar-refractivity contribution < 1.29 is 17.8 Å². The Kier molecular flexibility index (Phi) is 8.14. The Morgan fingerprint density at radius 2 is 1.97 bits per heavy atom. The van der Waals surface area contributed by atoms with Crippen molar-refractivity contribution >= 4 is 51.1 Å². The highest BCUT2D eigenvalue weighted by atomic mass is 35.5. The molecule has 0 aliphatic heterocycles. The van der Waals surface area contributed by atoms with E-state index in [1.807, 2.05) is 23.1 Å². The zero-order chi connectivity index (χ0) is 23.1. The third-order valence-corrected chi connectivity index (χ3v) is 6.49. The fraction of sp³-hybridized carbons (Fsp3) is 0.227. The number of halogens is 1. The molecule has 3 rings (SSSR count). The van der Waals surface area contributed by atoms with Crippen LogP contribution in [0.1, 0.15) is 34.7 Å². The van der Waals surface area contributed by atoms with Crippen LogP contribution < -0.4 is 4.72 Å². The number of hydrogen-bond acceptors (Lipinski definition) is 5. The van der Waals surface area contributed by atoms with Crippen LogP contribution in [0.5, 0.6) is 0 Å². The Balaban J connectivity index is 1.77. The first-order valence-corrected chi connectivity index (χ1v) is 12.5. The molecule has 2 aromatic carbocycles. The SMILES string of the molecule is CCc1csc(C(/C=N/C(=O)Cc2ccccc2Cl)Cc2ccc(NS(=O)(=O)O)cc2)n1. The zero-order valence-electron chi connectivity index (χ0n) is 17.2.